The van der Waals surface area contributed by atoms with Gasteiger partial charge in [0, 0.05) is 42.8 Å². The quantitative estimate of drug-likeness (QED) is 0.401. The van der Waals surface area contributed by atoms with Crippen molar-refractivity contribution in [2.75, 3.05) is 31.1 Å². The zero-order chi connectivity index (χ0) is 21.4. The van der Waals surface area contributed by atoms with Crippen molar-refractivity contribution in [3.63, 3.8) is 0 Å². The van der Waals surface area contributed by atoms with Crippen LogP contribution in [-0.2, 0) is 0 Å². The minimum atomic E-state index is -0.743. The van der Waals surface area contributed by atoms with Crippen molar-refractivity contribution in [3.8, 4) is 0 Å². The Bertz CT molecular complexity index is 1140. The van der Waals surface area contributed by atoms with Crippen LogP contribution in [0.5, 0.6) is 0 Å². The van der Waals surface area contributed by atoms with Crippen LogP contribution in [-0.4, -0.2) is 51.8 Å². The molecule has 0 bridgehead atoms. The number of thiazole rings is 1. The molecule has 0 unspecified atom stereocenters. The van der Waals surface area contributed by atoms with Gasteiger partial charge in [-0.25, -0.2) is 4.98 Å². The molecular formula is C18H14BrN5O5S. The lowest BCUT2D eigenvalue weighted by molar-refractivity contribution is -0.394. The molecule has 1 saturated heterocycles. The molecule has 30 heavy (non-hydrogen) atoms. The van der Waals surface area contributed by atoms with Crippen molar-refractivity contribution in [3.05, 3.63) is 66.7 Å². The number of rotatable bonds is 4. The van der Waals surface area contributed by atoms with Gasteiger partial charge in [-0.15, -0.1) is 0 Å². The minimum Gasteiger partial charge on any atom is -0.345 e. The van der Waals surface area contributed by atoms with Gasteiger partial charge in [0.05, 0.1) is 31.7 Å². The molecule has 1 amide bonds. The third kappa shape index (κ3) is 3.96. The summed E-state index contributed by atoms with van der Waals surface area (Å²) in [5.41, 5.74) is -0.117. The summed E-state index contributed by atoms with van der Waals surface area (Å²) in [7, 11) is 0. The van der Waals surface area contributed by atoms with Gasteiger partial charge < -0.3 is 9.80 Å². The first kappa shape index (κ1) is 20.2. The van der Waals surface area contributed by atoms with Crippen molar-refractivity contribution in [1.82, 2.24) is 9.88 Å². The lowest BCUT2D eigenvalue weighted by Crippen LogP contribution is -2.48. The third-order valence-electron chi connectivity index (χ3n) is 4.75. The highest BCUT2D eigenvalue weighted by atomic mass is 79.9. The molecule has 0 aliphatic carbocycles. The van der Waals surface area contributed by atoms with Crippen LogP contribution in [0.2, 0.25) is 0 Å². The fraction of sp³-hybridized carbons (Fsp3) is 0.222. The fourth-order valence-electron chi connectivity index (χ4n) is 3.23. The smallest absolute Gasteiger partial charge is 0.277 e. The van der Waals surface area contributed by atoms with Crippen LogP contribution in [0.15, 0.2) is 40.9 Å². The zero-order valence-corrected chi connectivity index (χ0v) is 17.8. The number of carbonyl (C=O) groups is 1. The summed E-state index contributed by atoms with van der Waals surface area (Å²) in [6.07, 6.45) is 0. The van der Waals surface area contributed by atoms with Crippen LogP contribution in [0.4, 0.5) is 16.5 Å². The van der Waals surface area contributed by atoms with E-state index in [-0.39, 0.29) is 5.56 Å². The average Bonchev–Trinajstić information content (AvgIpc) is 3.16. The van der Waals surface area contributed by atoms with E-state index < -0.39 is 27.1 Å². The Morgan fingerprint density at radius 3 is 2.23 bits per heavy atom. The average molecular weight is 492 g/mol. The monoisotopic (exact) mass is 491 g/mol. The number of piperazine rings is 1. The van der Waals surface area contributed by atoms with E-state index in [9.17, 15) is 25.0 Å². The molecule has 3 aromatic rings. The maximum Gasteiger partial charge on any atom is 0.277 e. The van der Waals surface area contributed by atoms with E-state index in [4.69, 9.17) is 0 Å². The predicted octanol–water partition coefficient (Wildman–Crippen LogP) is 3.84. The molecule has 2 aromatic carbocycles. The molecule has 0 spiro atoms. The summed E-state index contributed by atoms with van der Waals surface area (Å²) in [4.78, 5) is 41.7. The molecule has 1 aromatic heterocycles. The number of nitro benzene ring substituents is 2. The number of fused-ring (bicyclic) bond motifs is 1. The molecule has 0 radical (unpaired) electrons. The van der Waals surface area contributed by atoms with E-state index >= 15 is 0 Å². The molecule has 0 atom stereocenters. The Morgan fingerprint density at radius 1 is 1.00 bits per heavy atom. The molecular weight excluding hydrogens is 478 g/mol. The molecule has 1 aliphatic rings. The molecule has 0 N–H and O–H groups in total. The van der Waals surface area contributed by atoms with Gasteiger partial charge in [-0.3, -0.25) is 25.0 Å². The first-order valence-electron chi connectivity index (χ1n) is 8.86. The largest absolute Gasteiger partial charge is 0.345 e. The van der Waals surface area contributed by atoms with E-state index in [1.807, 2.05) is 18.2 Å². The van der Waals surface area contributed by atoms with Gasteiger partial charge >= 0.3 is 0 Å². The predicted molar refractivity (Wildman–Crippen MR) is 115 cm³/mol. The lowest BCUT2D eigenvalue weighted by atomic mass is 10.1. The maximum atomic E-state index is 12.8. The number of hydrogen-bond acceptors (Lipinski definition) is 8. The van der Waals surface area contributed by atoms with E-state index in [1.54, 1.807) is 16.2 Å². The zero-order valence-electron chi connectivity index (χ0n) is 15.4. The number of halogens is 1. The highest BCUT2D eigenvalue weighted by Crippen LogP contribution is 2.31. The van der Waals surface area contributed by atoms with Gasteiger partial charge in [0.1, 0.15) is 0 Å². The molecule has 0 saturated carbocycles. The Balaban J connectivity index is 1.50. The summed E-state index contributed by atoms with van der Waals surface area (Å²) >= 11 is 5.01. The van der Waals surface area contributed by atoms with E-state index in [0.29, 0.717) is 26.2 Å². The molecule has 4 rings (SSSR count). The van der Waals surface area contributed by atoms with E-state index in [0.717, 1.165) is 38.0 Å². The van der Waals surface area contributed by atoms with Crippen molar-refractivity contribution in [2.45, 2.75) is 0 Å². The number of anilines is 1. The number of amides is 1. The molecule has 10 nitrogen and oxygen atoms in total. The summed E-state index contributed by atoms with van der Waals surface area (Å²) in [5, 5.41) is 23.0. The lowest BCUT2D eigenvalue weighted by Gasteiger charge is -2.34. The van der Waals surface area contributed by atoms with Crippen molar-refractivity contribution < 1.29 is 14.6 Å². The number of hydrogen-bond donors (Lipinski definition) is 0. The van der Waals surface area contributed by atoms with Crippen LogP contribution < -0.4 is 4.90 Å². The van der Waals surface area contributed by atoms with Crippen LogP contribution in [0.1, 0.15) is 10.4 Å². The number of nitrogens with zero attached hydrogens (tertiary/aromatic N) is 5. The highest BCUT2D eigenvalue weighted by molar-refractivity contribution is 9.10. The van der Waals surface area contributed by atoms with Crippen LogP contribution in [0.3, 0.4) is 0 Å². The van der Waals surface area contributed by atoms with Crippen molar-refractivity contribution >= 4 is 59.9 Å². The second-order valence-corrected chi connectivity index (χ2v) is 8.56. The standard InChI is InChI=1S/C18H14BrN5O5S/c19-12-1-2-15-16(9-12)30-18(20-15)22-5-3-21(4-6-22)17(25)11-7-13(23(26)27)10-14(8-11)24(28)29/h1-2,7-10H,3-6H2. The molecule has 154 valence electrons. The normalized spacial score (nSPS) is 14.2. The molecule has 1 aliphatic heterocycles. The van der Waals surface area contributed by atoms with Crippen LogP contribution in [0.25, 0.3) is 10.2 Å². The van der Waals surface area contributed by atoms with Gasteiger partial charge in [0.15, 0.2) is 5.13 Å². The summed E-state index contributed by atoms with van der Waals surface area (Å²) in [6.45, 7) is 1.86. The van der Waals surface area contributed by atoms with Gasteiger partial charge in [-0.1, -0.05) is 27.3 Å². The van der Waals surface area contributed by atoms with E-state index in [2.05, 4.69) is 25.8 Å². The van der Waals surface area contributed by atoms with Crippen molar-refractivity contribution in [1.29, 1.82) is 0 Å². The third-order valence-corrected chi connectivity index (χ3v) is 6.32. The first-order valence-corrected chi connectivity index (χ1v) is 10.5. The number of nitro groups is 2. The Hall–Kier alpha value is -3.12. The van der Waals surface area contributed by atoms with Crippen molar-refractivity contribution in [2.24, 2.45) is 0 Å². The molecule has 1 fully saturated rings. The van der Waals surface area contributed by atoms with E-state index in [1.165, 1.54) is 0 Å². The SMILES string of the molecule is O=C(c1cc([N+](=O)[O-])cc([N+](=O)[O-])c1)N1CCN(c2nc3ccc(Br)cc3s2)CC1. The molecule has 2 heterocycles. The highest BCUT2D eigenvalue weighted by Gasteiger charge is 2.27. The second-order valence-electron chi connectivity index (χ2n) is 6.64. The minimum absolute atomic E-state index is 0.0609. The second kappa shape index (κ2) is 7.95. The van der Waals surface area contributed by atoms with Gasteiger partial charge in [0.25, 0.3) is 17.3 Å². The number of non-ortho nitro benzene ring substituents is 2. The number of aromatic nitrogens is 1. The van der Waals surface area contributed by atoms with Gasteiger partial charge in [0.2, 0.25) is 0 Å². The van der Waals surface area contributed by atoms with Gasteiger partial charge in [-0.2, -0.15) is 0 Å². The fourth-order valence-corrected chi connectivity index (χ4v) is 4.80. The van der Waals surface area contributed by atoms with Crippen LogP contribution >= 0.6 is 27.3 Å². The molecule has 12 heteroatoms. The summed E-state index contributed by atoms with van der Waals surface area (Å²) in [5.74, 6) is -0.463. The van der Waals surface area contributed by atoms with Gasteiger partial charge in [-0.05, 0) is 18.2 Å². The topological polar surface area (TPSA) is 123 Å². The Kier molecular flexibility index (Phi) is 5.35. The number of carbonyl (C=O) groups excluding carboxylic acids is 1. The van der Waals surface area contributed by atoms with Crippen LogP contribution in [0, 0.1) is 20.2 Å². The Labute approximate surface area is 182 Å². The first-order chi connectivity index (χ1) is 14.3. The maximum absolute atomic E-state index is 12.8. The summed E-state index contributed by atoms with van der Waals surface area (Å²) in [6, 6.07) is 8.88. The Morgan fingerprint density at radius 2 is 1.63 bits per heavy atom. The number of benzene rings is 2. The summed E-state index contributed by atoms with van der Waals surface area (Å²) < 4.78 is 2.04.